The molecule has 6 heteroatoms. The topological polar surface area (TPSA) is 75.6 Å². The van der Waals surface area contributed by atoms with Crippen LogP contribution in [0.2, 0.25) is 5.22 Å². The van der Waals surface area contributed by atoms with E-state index in [4.69, 9.17) is 20.4 Å². The summed E-state index contributed by atoms with van der Waals surface area (Å²) in [6, 6.07) is 4.71. The van der Waals surface area contributed by atoms with Crippen LogP contribution in [0, 0.1) is 13.8 Å². The van der Waals surface area contributed by atoms with Gasteiger partial charge in [0.05, 0.1) is 6.54 Å². The highest BCUT2D eigenvalue weighted by molar-refractivity contribution is 6.29. The predicted molar refractivity (Wildman–Crippen MR) is 73.8 cm³/mol. The number of carbonyl (C=O) groups is 1. The van der Waals surface area contributed by atoms with Gasteiger partial charge in [-0.3, -0.25) is 4.79 Å². The van der Waals surface area contributed by atoms with E-state index in [2.05, 4.69) is 5.32 Å². The van der Waals surface area contributed by atoms with Gasteiger partial charge in [0, 0.05) is 5.56 Å². The SMILES string of the molecule is Cc1cc(C(C)(O)CNC(=O)c2ccc(Cl)o2)c(C)o1. The Morgan fingerprint density at radius 1 is 1.40 bits per heavy atom. The van der Waals surface area contributed by atoms with Gasteiger partial charge in [0.1, 0.15) is 17.1 Å². The van der Waals surface area contributed by atoms with Crippen molar-refractivity contribution >= 4 is 17.5 Å². The Morgan fingerprint density at radius 2 is 2.10 bits per heavy atom. The molecule has 0 bridgehead atoms. The molecule has 20 heavy (non-hydrogen) atoms. The van der Waals surface area contributed by atoms with Crippen molar-refractivity contribution < 1.29 is 18.7 Å². The summed E-state index contributed by atoms with van der Waals surface area (Å²) < 4.78 is 10.4. The number of furan rings is 2. The van der Waals surface area contributed by atoms with Gasteiger partial charge in [0.2, 0.25) is 0 Å². The van der Waals surface area contributed by atoms with Gasteiger partial charge in [-0.2, -0.15) is 0 Å². The van der Waals surface area contributed by atoms with E-state index in [1.165, 1.54) is 12.1 Å². The fraction of sp³-hybridized carbons (Fsp3) is 0.357. The summed E-state index contributed by atoms with van der Waals surface area (Å²) in [6.07, 6.45) is 0. The van der Waals surface area contributed by atoms with E-state index >= 15 is 0 Å². The first-order chi connectivity index (χ1) is 9.29. The van der Waals surface area contributed by atoms with Crippen molar-refractivity contribution in [3.8, 4) is 0 Å². The van der Waals surface area contributed by atoms with Gasteiger partial charge in [-0.25, -0.2) is 0 Å². The molecule has 1 atom stereocenters. The fourth-order valence-corrected chi connectivity index (χ4v) is 2.18. The zero-order valence-electron chi connectivity index (χ0n) is 11.5. The largest absolute Gasteiger partial charge is 0.466 e. The van der Waals surface area contributed by atoms with Crippen LogP contribution < -0.4 is 5.32 Å². The molecule has 1 amide bonds. The third-order valence-electron chi connectivity index (χ3n) is 3.01. The summed E-state index contributed by atoms with van der Waals surface area (Å²) in [5, 5.41) is 13.2. The number of rotatable bonds is 4. The minimum absolute atomic E-state index is 0.0317. The van der Waals surface area contributed by atoms with Crippen molar-refractivity contribution in [2.24, 2.45) is 0 Å². The van der Waals surface area contributed by atoms with Crippen LogP contribution in [0.15, 0.2) is 27.0 Å². The molecular weight excluding hydrogens is 282 g/mol. The molecular formula is C14H16ClNO4. The third-order valence-corrected chi connectivity index (χ3v) is 3.21. The maximum absolute atomic E-state index is 11.8. The Hall–Kier alpha value is -1.72. The lowest BCUT2D eigenvalue weighted by molar-refractivity contribution is 0.0506. The Balaban J connectivity index is 2.06. The average Bonchev–Trinajstić information content (AvgIpc) is 2.93. The van der Waals surface area contributed by atoms with E-state index in [0.29, 0.717) is 17.1 Å². The molecule has 0 saturated carbocycles. The van der Waals surface area contributed by atoms with Gasteiger partial charge in [-0.15, -0.1) is 0 Å². The second-order valence-corrected chi connectivity index (χ2v) is 5.26. The summed E-state index contributed by atoms with van der Waals surface area (Å²) in [6.45, 7) is 5.21. The molecule has 2 rings (SSSR count). The average molecular weight is 298 g/mol. The highest BCUT2D eigenvalue weighted by atomic mass is 35.5. The summed E-state index contributed by atoms with van der Waals surface area (Å²) in [5.74, 6) is 1.01. The van der Waals surface area contributed by atoms with E-state index < -0.39 is 11.5 Å². The highest BCUT2D eigenvalue weighted by Gasteiger charge is 2.28. The molecule has 0 aliphatic heterocycles. The molecule has 2 aromatic rings. The molecule has 0 aliphatic rings. The molecule has 0 spiro atoms. The number of carbonyl (C=O) groups excluding carboxylic acids is 1. The van der Waals surface area contributed by atoms with Crippen LogP contribution in [0.1, 0.15) is 34.6 Å². The first kappa shape index (κ1) is 14.7. The zero-order chi connectivity index (χ0) is 14.9. The van der Waals surface area contributed by atoms with Crippen LogP contribution in [0.5, 0.6) is 0 Å². The van der Waals surface area contributed by atoms with Crippen molar-refractivity contribution in [3.63, 3.8) is 0 Å². The zero-order valence-corrected chi connectivity index (χ0v) is 12.2. The van der Waals surface area contributed by atoms with Gasteiger partial charge in [0.25, 0.3) is 5.91 Å². The predicted octanol–water partition coefficient (Wildman–Crippen LogP) is 2.78. The lowest BCUT2D eigenvalue weighted by Crippen LogP contribution is -2.38. The molecule has 2 heterocycles. The van der Waals surface area contributed by atoms with Crippen LogP contribution in [0.4, 0.5) is 0 Å². The molecule has 2 aromatic heterocycles. The normalized spacial score (nSPS) is 14.1. The highest BCUT2D eigenvalue weighted by Crippen LogP contribution is 2.26. The number of hydrogen-bond acceptors (Lipinski definition) is 4. The van der Waals surface area contributed by atoms with E-state index in [1.807, 2.05) is 0 Å². The molecule has 0 aliphatic carbocycles. The number of nitrogens with one attached hydrogen (secondary N) is 1. The number of halogens is 1. The van der Waals surface area contributed by atoms with Gasteiger partial charge >= 0.3 is 0 Å². The van der Waals surface area contributed by atoms with E-state index in [0.717, 1.165) is 0 Å². The van der Waals surface area contributed by atoms with E-state index in [9.17, 15) is 9.90 Å². The Bertz CT molecular complexity index is 627. The minimum Gasteiger partial charge on any atom is -0.466 e. The van der Waals surface area contributed by atoms with E-state index in [1.54, 1.807) is 26.8 Å². The quantitative estimate of drug-likeness (QED) is 0.910. The molecule has 5 nitrogen and oxygen atoms in total. The van der Waals surface area contributed by atoms with Crippen molar-refractivity contribution in [3.05, 3.63) is 46.3 Å². The van der Waals surface area contributed by atoms with Gasteiger partial charge in [-0.1, -0.05) is 0 Å². The van der Waals surface area contributed by atoms with Crippen LogP contribution in [-0.4, -0.2) is 17.6 Å². The maximum atomic E-state index is 11.8. The minimum atomic E-state index is -1.23. The number of amides is 1. The first-order valence-electron chi connectivity index (χ1n) is 6.13. The van der Waals surface area contributed by atoms with Gasteiger partial charge in [0.15, 0.2) is 11.0 Å². The van der Waals surface area contributed by atoms with Crippen molar-refractivity contribution in [1.29, 1.82) is 0 Å². The van der Waals surface area contributed by atoms with Gasteiger partial charge < -0.3 is 19.3 Å². The molecule has 0 aromatic carbocycles. The number of hydrogen-bond donors (Lipinski definition) is 2. The molecule has 0 saturated heterocycles. The Kier molecular flexibility index (Phi) is 3.92. The smallest absolute Gasteiger partial charge is 0.287 e. The summed E-state index contributed by atoms with van der Waals surface area (Å²) >= 11 is 5.61. The lowest BCUT2D eigenvalue weighted by atomic mass is 9.96. The molecule has 1 unspecified atom stereocenters. The van der Waals surface area contributed by atoms with Crippen LogP contribution in [0.25, 0.3) is 0 Å². The van der Waals surface area contributed by atoms with Crippen LogP contribution in [0.3, 0.4) is 0 Å². The fourth-order valence-electron chi connectivity index (χ4n) is 2.04. The number of aliphatic hydroxyl groups is 1. The Morgan fingerprint density at radius 3 is 2.60 bits per heavy atom. The second kappa shape index (κ2) is 5.34. The van der Waals surface area contributed by atoms with Crippen molar-refractivity contribution in [2.45, 2.75) is 26.4 Å². The number of aryl methyl sites for hydroxylation is 2. The summed E-state index contributed by atoms with van der Waals surface area (Å²) in [4.78, 5) is 11.8. The monoisotopic (exact) mass is 297 g/mol. The van der Waals surface area contributed by atoms with Crippen molar-refractivity contribution in [1.82, 2.24) is 5.32 Å². The summed E-state index contributed by atoms with van der Waals surface area (Å²) in [7, 11) is 0. The standard InChI is InChI=1S/C14H16ClNO4/c1-8-6-10(9(2)19-8)14(3,18)7-16-13(17)11-4-5-12(15)20-11/h4-6,18H,7H2,1-3H3,(H,16,17). The molecule has 0 fully saturated rings. The molecule has 108 valence electrons. The lowest BCUT2D eigenvalue weighted by Gasteiger charge is -2.23. The maximum Gasteiger partial charge on any atom is 0.287 e. The van der Waals surface area contributed by atoms with Crippen molar-refractivity contribution in [2.75, 3.05) is 6.54 Å². The van der Waals surface area contributed by atoms with Crippen LogP contribution >= 0.6 is 11.6 Å². The van der Waals surface area contributed by atoms with Gasteiger partial charge in [-0.05, 0) is 50.6 Å². The van der Waals surface area contributed by atoms with Crippen LogP contribution in [-0.2, 0) is 5.60 Å². The summed E-state index contributed by atoms with van der Waals surface area (Å²) in [5.41, 5.74) is -0.582. The van der Waals surface area contributed by atoms with E-state index in [-0.39, 0.29) is 17.5 Å². The molecule has 2 N–H and O–H groups in total. The first-order valence-corrected chi connectivity index (χ1v) is 6.51. The second-order valence-electron chi connectivity index (χ2n) is 4.89. The third kappa shape index (κ3) is 3.05. The Labute approximate surface area is 121 Å². The molecule has 0 radical (unpaired) electrons.